The van der Waals surface area contributed by atoms with Crippen LogP contribution in [0, 0.1) is 13.8 Å². The van der Waals surface area contributed by atoms with Crippen molar-refractivity contribution in [1.82, 2.24) is 9.97 Å². The minimum Gasteiger partial charge on any atom is -0.496 e. The summed E-state index contributed by atoms with van der Waals surface area (Å²) in [6, 6.07) is 1.95. The first kappa shape index (κ1) is 12.0. The Morgan fingerprint density at radius 1 is 1.42 bits per heavy atom. The van der Waals surface area contributed by atoms with Gasteiger partial charge in [-0.15, -0.1) is 0 Å². The fourth-order valence-corrected chi connectivity index (χ4v) is 3.04. The van der Waals surface area contributed by atoms with E-state index >= 15 is 0 Å². The molecule has 1 aromatic heterocycles. The standard InChI is InChI=1S/C15H16N2O2/c1-8-4-13(19-3)9(2)15-10(5-12(18)14(8)15)11-6-16-7-17-11/h4,6-7,10H,5H2,1-3H3,(H,16,17). The van der Waals surface area contributed by atoms with Crippen LogP contribution >= 0.6 is 0 Å². The number of Topliss-reactive ketones (excluding diaryl/α,β-unsaturated/α-hetero) is 1. The molecule has 0 saturated heterocycles. The van der Waals surface area contributed by atoms with Gasteiger partial charge in [0.1, 0.15) is 5.75 Å². The zero-order valence-electron chi connectivity index (χ0n) is 11.3. The van der Waals surface area contributed by atoms with Crippen LogP contribution in [0.2, 0.25) is 0 Å². The van der Waals surface area contributed by atoms with Gasteiger partial charge in [-0.3, -0.25) is 4.79 Å². The van der Waals surface area contributed by atoms with Gasteiger partial charge in [-0.1, -0.05) is 0 Å². The van der Waals surface area contributed by atoms with Crippen LogP contribution in [0.15, 0.2) is 18.6 Å². The molecule has 1 aliphatic carbocycles. The average molecular weight is 256 g/mol. The number of ketones is 1. The number of H-pyrrole nitrogens is 1. The Kier molecular flexibility index (Phi) is 2.66. The lowest BCUT2D eigenvalue weighted by atomic mass is 9.91. The molecule has 0 fully saturated rings. The van der Waals surface area contributed by atoms with Gasteiger partial charge in [0, 0.05) is 29.8 Å². The second kappa shape index (κ2) is 4.23. The van der Waals surface area contributed by atoms with E-state index in [-0.39, 0.29) is 11.7 Å². The second-order valence-electron chi connectivity index (χ2n) is 5.00. The summed E-state index contributed by atoms with van der Waals surface area (Å²) in [5.41, 5.74) is 4.98. The Morgan fingerprint density at radius 2 is 2.21 bits per heavy atom. The van der Waals surface area contributed by atoms with Crippen molar-refractivity contribution in [2.75, 3.05) is 7.11 Å². The molecule has 0 amide bonds. The van der Waals surface area contributed by atoms with Crippen LogP contribution in [0.3, 0.4) is 0 Å². The summed E-state index contributed by atoms with van der Waals surface area (Å²) in [5, 5.41) is 0. The normalized spacial score (nSPS) is 17.6. The average Bonchev–Trinajstić information content (AvgIpc) is 3.01. The maximum Gasteiger partial charge on any atom is 0.164 e. The Labute approximate surface area is 111 Å². The molecule has 1 atom stereocenters. The summed E-state index contributed by atoms with van der Waals surface area (Å²) in [5.74, 6) is 1.12. The summed E-state index contributed by atoms with van der Waals surface area (Å²) in [6.45, 7) is 3.98. The lowest BCUT2D eigenvalue weighted by Gasteiger charge is -2.16. The van der Waals surface area contributed by atoms with Crippen molar-refractivity contribution in [2.24, 2.45) is 0 Å². The largest absolute Gasteiger partial charge is 0.496 e. The molecule has 0 saturated carbocycles. The van der Waals surface area contributed by atoms with Crippen molar-refractivity contribution in [3.63, 3.8) is 0 Å². The molecule has 1 aliphatic rings. The highest BCUT2D eigenvalue weighted by Gasteiger charge is 2.35. The number of benzene rings is 1. The first-order valence-corrected chi connectivity index (χ1v) is 6.33. The molecule has 0 aliphatic heterocycles. The number of hydrogen-bond donors (Lipinski definition) is 1. The number of nitrogens with one attached hydrogen (secondary N) is 1. The Morgan fingerprint density at radius 3 is 2.84 bits per heavy atom. The first-order valence-electron chi connectivity index (χ1n) is 6.33. The number of fused-ring (bicyclic) bond motifs is 1. The Balaban J connectivity index is 2.25. The number of aromatic amines is 1. The smallest absolute Gasteiger partial charge is 0.164 e. The van der Waals surface area contributed by atoms with Gasteiger partial charge in [0.25, 0.3) is 0 Å². The topological polar surface area (TPSA) is 55.0 Å². The molecule has 98 valence electrons. The lowest BCUT2D eigenvalue weighted by Crippen LogP contribution is -2.02. The number of aryl methyl sites for hydroxylation is 1. The zero-order valence-corrected chi connectivity index (χ0v) is 11.3. The van der Waals surface area contributed by atoms with E-state index in [2.05, 4.69) is 9.97 Å². The van der Waals surface area contributed by atoms with Crippen LogP contribution in [0.4, 0.5) is 0 Å². The van der Waals surface area contributed by atoms with Crippen LogP contribution < -0.4 is 4.74 Å². The number of nitrogens with zero attached hydrogens (tertiary/aromatic N) is 1. The van der Waals surface area contributed by atoms with Crippen molar-refractivity contribution in [1.29, 1.82) is 0 Å². The van der Waals surface area contributed by atoms with Gasteiger partial charge in [-0.05, 0) is 36.6 Å². The molecule has 3 rings (SSSR count). The van der Waals surface area contributed by atoms with Crippen LogP contribution in [0.5, 0.6) is 5.75 Å². The minimum absolute atomic E-state index is 0.0683. The van der Waals surface area contributed by atoms with Gasteiger partial charge < -0.3 is 9.72 Å². The molecular weight excluding hydrogens is 240 g/mol. The fourth-order valence-electron chi connectivity index (χ4n) is 3.04. The second-order valence-corrected chi connectivity index (χ2v) is 5.00. The third-order valence-corrected chi connectivity index (χ3v) is 3.92. The van der Waals surface area contributed by atoms with E-state index in [1.54, 1.807) is 19.6 Å². The number of ether oxygens (including phenoxy) is 1. The summed E-state index contributed by atoms with van der Waals surface area (Å²) in [7, 11) is 1.66. The Hall–Kier alpha value is -2.10. The molecule has 0 bridgehead atoms. The molecule has 0 spiro atoms. The van der Waals surface area contributed by atoms with Gasteiger partial charge >= 0.3 is 0 Å². The predicted octanol–water partition coefficient (Wildman–Crippen LogP) is 2.75. The van der Waals surface area contributed by atoms with Gasteiger partial charge in [-0.2, -0.15) is 0 Å². The maximum atomic E-state index is 12.3. The highest BCUT2D eigenvalue weighted by Crippen LogP contribution is 2.43. The molecule has 2 aromatic rings. The number of hydrogen-bond acceptors (Lipinski definition) is 3. The molecule has 0 radical (unpaired) electrons. The van der Waals surface area contributed by atoms with Crippen molar-refractivity contribution < 1.29 is 9.53 Å². The summed E-state index contributed by atoms with van der Waals surface area (Å²) in [6.07, 6.45) is 3.95. The summed E-state index contributed by atoms with van der Waals surface area (Å²) in [4.78, 5) is 19.5. The van der Waals surface area contributed by atoms with E-state index in [0.29, 0.717) is 6.42 Å². The number of aromatic nitrogens is 2. The van der Waals surface area contributed by atoms with E-state index in [0.717, 1.165) is 33.7 Å². The number of imidazole rings is 1. The van der Waals surface area contributed by atoms with Crippen molar-refractivity contribution in [3.05, 3.63) is 46.5 Å². The first-order chi connectivity index (χ1) is 9.13. The van der Waals surface area contributed by atoms with Crippen molar-refractivity contribution in [2.45, 2.75) is 26.2 Å². The zero-order chi connectivity index (χ0) is 13.6. The van der Waals surface area contributed by atoms with Crippen molar-refractivity contribution in [3.8, 4) is 5.75 Å². The highest BCUT2D eigenvalue weighted by atomic mass is 16.5. The summed E-state index contributed by atoms with van der Waals surface area (Å²) >= 11 is 0. The van der Waals surface area contributed by atoms with E-state index < -0.39 is 0 Å². The van der Waals surface area contributed by atoms with Crippen LogP contribution in [-0.4, -0.2) is 22.9 Å². The van der Waals surface area contributed by atoms with Gasteiger partial charge in [0.15, 0.2) is 5.78 Å². The molecule has 19 heavy (non-hydrogen) atoms. The third kappa shape index (κ3) is 1.67. The van der Waals surface area contributed by atoms with Gasteiger partial charge in [0.05, 0.1) is 13.4 Å². The molecule has 1 heterocycles. The van der Waals surface area contributed by atoms with Crippen LogP contribution in [-0.2, 0) is 0 Å². The maximum absolute atomic E-state index is 12.3. The van der Waals surface area contributed by atoms with E-state index in [1.165, 1.54) is 0 Å². The molecule has 4 heteroatoms. The highest BCUT2D eigenvalue weighted by molar-refractivity contribution is 6.03. The third-order valence-electron chi connectivity index (χ3n) is 3.92. The number of carbonyl (C=O) groups excluding carboxylic acids is 1. The lowest BCUT2D eigenvalue weighted by molar-refractivity contribution is 0.0990. The monoisotopic (exact) mass is 256 g/mol. The minimum atomic E-state index is 0.0683. The molecule has 1 aromatic carbocycles. The summed E-state index contributed by atoms with van der Waals surface area (Å²) < 4.78 is 5.41. The molecule has 4 nitrogen and oxygen atoms in total. The fraction of sp³-hybridized carbons (Fsp3) is 0.333. The van der Waals surface area contributed by atoms with Gasteiger partial charge in [0.2, 0.25) is 0 Å². The van der Waals surface area contributed by atoms with E-state index in [1.807, 2.05) is 19.9 Å². The number of methoxy groups -OCH3 is 1. The molecule has 1 unspecified atom stereocenters. The molecule has 1 N–H and O–H groups in total. The van der Waals surface area contributed by atoms with E-state index in [4.69, 9.17) is 4.74 Å². The Bertz CT molecular complexity index is 645. The van der Waals surface area contributed by atoms with E-state index in [9.17, 15) is 4.79 Å². The number of rotatable bonds is 2. The molecular formula is C15H16N2O2. The van der Waals surface area contributed by atoms with Crippen LogP contribution in [0.25, 0.3) is 0 Å². The van der Waals surface area contributed by atoms with Crippen LogP contribution in [0.1, 0.15) is 45.1 Å². The van der Waals surface area contributed by atoms with Gasteiger partial charge in [-0.25, -0.2) is 4.98 Å². The predicted molar refractivity (Wildman–Crippen MR) is 71.8 cm³/mol. The van der Waals surface area contributed by atoms with Crippen molar-refractivity contribution >= 4 is 5.78 Å². The SMILES string of the molecule is COc1cc(C)c2c(c1C)C(c1cnc[nH]1)CC2=O. The quantitative estimate of drug-likeness (QED) is 0.898. The number of carbonyl (C=O) groups is 1.